The van der Waals surface area contributed by atoms with E-state index in [9.17, 15) is 5.11 Å². The van der Waals surface area contributed by atoms with E-state index in [2.05, 4.69) is 15.1 Å². The second-order valence-electron chi connectivity index (χ2n) is 3.31. The van der Waals surface area contributed by atoms with Crippen LogP contribution >= 0.6 is 11.3 Å². The lowest BCUT2D eigenvalue weighted by atomic mass is 10.2. The fourth-order valence-electron chi connectivity index (χ4n) is 1.32. The molecule has 2 aromatic heterocycles. The van der Waals surface area contributed by atoms with Crippen LogP contribution in [0.2, 0.25) is 0 Å². The lowest BCUT2D eigenvalue weighted by molar-refractivity contribution is 0.170. The number of hydrogen-bond acceptors (Lipinski definition) is 5. The van der Waals surface area contributed by atoms with Crippen molar-refractivity contribution in [3.63, 3.8) is 0 Å². The summed E-state index contributed by atoms with van der Waals surface area (Å²) >= 11 is 1.54. The lowest BCUT2D eigenvalue weighted by Crippen LogP contribution is -2.07. The number of aromatic nitrogens is 4. The third-order valence-electron chi connectivity index (χ3n) is 2.16. The van der Waals surface area contributed by atoms with Crippen LogP contribution in [0.3, 0.4) is 0 Å². The Hall–Kier alpha value is -1.27. The number of nitrogens with zero attached hydrogens (tertiary/aromatic N) is 4. The summed E-state index contributed by atoms with van der Waals surface area (Å²) in [5, 5.41) is 16.7. The number of aryl methyl sites for hydroxylation is 2. The van der Waals surface area contributed by atoms with Gasteiger partial charge in [0.2, 0.25) is 0 Å². The molecule has 2 rings (SSSR count). The van der Waals surface area contributed by atoms with Gasteiger partial charge in [-0.1, -0.05) is 0 Å². The van der Waals surface area contributed by atoms with Gasteiger partial charge in [0.15, 0.2) is 0 Å². The van der Waals surface area contributed by atoms with Gasteiger partial charge in [-0.2, -0.15) is 5.10 Å². The molecule has 2 heterocycles. The van der Waals surface area contributed by atoms with Crippen molar-refractivity contribution in [3.8, 4) is 0 Å². The Morgan fingerprint density at radius 3 is 2.93 bits per heavy atom. The molecule has 0 saturated heterocycles. The minimum absolute atomic E-state index is 0.444. The first kappa shape index (κ1) is 10.3. The first-order valence-electron chi connectivity index (χ1n) is 4.60. The smallest absolute Gasteiger partial charge is 0.138 e. The quantitative estimate of drug-likeness (QED) is 0.839. The SMILES string of the molecule is Cc1nc(C(O)Cc2ncnn2C)cs1. The van der Waals surface area contributed by atoms with Crippen molar-refractivity contribution in [2.45, 2.75) is 19.4 Å². The van der Waals surface area contributed by atoms with E-state index in [-0.39, 0.29) is 0 Å². The Balaban J connectivity index is 2.10. The maximum absolute atomic E-state index is 9.89. The van der Waals surface area contributed by atoms with Crippen LogP contribution < -0.4 is 0 Å². The Morgan fingerprint density at radius 2 is 2.40 bits per heavy atom. The summed E-state index contributed by atoms with van der Waals surface area (Å²) in [5.74, 6) is 0.758. The van der Waals surface area contributed by atoms with E-state index in [4.69, 9.17) is 0 Å². The monoisotopic (exact) mass is 224 g/mol. The summed E-state index contributed by atoms with van der Waals surface area (Å²) in [5.41, 5.74) is 0.709. The van der Waals surface area contributed by atoms with Gasteiger partial charge in [0.05, 0.1) is 10.7 Å². The molecule has 0 radical (unpaired) electrons. The molecule has 0 fully saturated rings. The summed E-state index contributed by atoms with van der Waals surface area (Å²) in [6.07, 6.45) is 1.33. The van der Waals surface area contributed by atoms with Crippen LogP contribution in [0.5, 0.6) is 0 Å². The molecule has 1 atom stereocenters. The average molecular weight is 224 g/mol. The molecule has 1 N–H and O–H groups in total. The summed E-state index contributed by atoms with van der Waals surface area (Å²) in [4.78, 5) is 8.29. The molecule has 0 saturated carbocycles. The van der Waals surface area contributed by atoms with Gasteiger partial charge >= 0.3 is 0 Å². The number of thiazole rings is 1. The maximum Gasteiger partial charge on any atom is 0.138 e. The zero-order valence-electron chi connectivity index (χ0n) is 8.58. The molecule has 15 heavy (non-hydrogen) atoms. The number of aliphatic hydroxyl groups is 1. The second-order valence-corrected chi connectivity index (χ2v) is 4.37. The first-order valence-corrected chi connectivity index (χ1v) is 5.47. The van der Waals surface area contributed by atoms with E-state index >= 15 is 0 Å². The van der Waals surface area contributed by atoms with Crippen molar-refractivity contribution < 1.29 is 5.11 Å². The standard InChI is InChI=1S/C9H12N4OS/c1-6-12-7(4-15-6)8(14)3-9-10-5-11-13(9)2/h4-5,8,14H,3H2,1-2H3. The van der Waals surface area contributed by atoms with Gasteiger partial charge < -0.3 is 5.11 Å². The molecule has 0 aliphatic heterocycles. The highest BCUT2D eigenvalue weighted by atomic mass is 32.1. The zero-order valence-corrected chi connectivity index (χ0v) is 9.40. The number of rotatable bonds is 3. The minimum atomic E-state index is -0.599. The predicted octanol–water partition coefficient (Wildman–Crippen LogP) is 0.856. The number of hydrogen-bond donors (Lipinski definition) is 1. The fourth-order valence-corrected chi connectivity index (χ4v) is 1.97. The molecule has 0 spiro atoms. The van der Waals surface area contributed by atoms with Crippen LogP contribution in [0, 0.1) is 6.92 Å². The van der Waals surface area contributed by atoms with Crippen LogP contribution in [0.15, 0.2) is 11.7 Å². The van der Waals surface area contributed by atoms with Gasteiger partial charge in [-0.05, 0) is 6.92 Å². The van der Waals surface area contributed by atoms with Crippen molar-refractivity contribution in [3.05, 3.63) is 28.2 Å². The Morgan fingerprint density at radius 1 is 1.60 bits per heavy atom. The second kappa shape index (κ2) is 4.08. The number of aliphatic hydroxyl groups excluding tert-OH is 1. The molecule has 0 amide bonds. The van der Waals surface area contributed by atoms with Gasteiger partial charge in [0.25, 0.3) is 0 Å². The molecular formula is C9H12N4OS. The van der Waals surface area contributed by atoms with Gasteiger partial charge in [-0.25, -0.2) is 9.97 Å². The fraction of sp³-hybridized carbons (Fsp3) is 0.444. The Labute approximate surface area is 91.4 Å². The highest BCUT2D eigenvalue weighted by Crippen LogP contribution is 2.18. The molecule has 1 unspecified atom stereocenters. The normalized spacial score (nSPS) is 13.0. The van der Waals surface area contributed by atoms with Gasteiger partial charge in [0.1, 0.15) is 18.3 Å². The molecule has 80 valence electrons. The van der Waals surface area contributed by atoms with Gasteiger partial charge in [0, 0.05) is 18.8 Å². The minimum Gasteiger partial charge on any atom is -0.386 e. The highest BCUT2D eigenvalue weighted by molar-refractivity contribution is 7.09. The molecular weight excluding hydrogens is 212 g/mol. The molecule has 0 bridgehead atoms. The van der Waals surface area contributed by atoms with Crippen molar-refractivity contribution in [2.24, 2.45) is 7.05 Å². The van der Waals surface area contributed by atoms with E-state index < -0.39 is 6.10 Å². The van der Waals surface area contributed by atoms with Gasteiger partial charge in [-0.15, -0.1) is 11.3 Å². The van der Waals surface area contributed by atoms with Crippen molar-refractivity contribution in [1.29, 1.82) is 0 Å². The van der Waals surface area contributed by atoms with E-state index in [1.54, 1.807) is 11.7 Å². The van der Waals surface area contributed by atoms with Crippen LogP contribution in [0.4, 0.5) is 0 Å². The molecule has 0 aliphatic rings. The van der Waals surface area contributed by atoms with E-state index in [0.717, 1.165) is 10.8 Å². The topological polar surface area (TPSA) is 63.8 Å². The largest absolute Gasteiger partial charge is 0.386 e. The summed E-state index contributed by atoms with van der Waals surface area (Å²) in [6, 6.07) is 0. The van der Waals surface area contributed by atoms with Crippen LogP contribution in [-0.4, -0.2) is 24.9 Å². The maximum atomic E-state index is 9.89. The zero-order chi connectivity index (χ0) is 10.8. The Kier molecular flexibility index (Phi) is 2.79. The van der Waals surface area contributed by atoms with Crippen LogP contribution in [0.25, 0.3) is 0 Å². The van der Waals surface area contributed by atoms with E-state index in [1.165, 1.54) is 17.7 Å². The molecule has 2 aromatic rings. The highest BCUT2D eigenvalue weighted by Gasteiger charge is 2.14. The van der Waals surface area contributed by atoms with E-state index in [0.29, 0.717) is 12.1 Å². The summed E-state index contributed by atoms with van der Waals surface area (Å²) in [7, 11) is 1.81. The van der Waals surface area contributed by atoms with Crippen LogP contribution in [0.1, 0.15) is 22.6 Å². The molecule has 0 aromatic carbocycles. The summed E-state index contributed by atoms with van der Waals surface area (Å²) in [6.45, 7) is 1.92. The van der Waals surface area contributed by atoms with Crippen molar-refractivity contribution >= 4 is 11.3 Å². The molecule has 6 heteroatoms. The summed E-state index contributed by atoms with van der Waals surface area (Å²) < 4.78 is 1.66. The van der Waals surface area contributed by atoms with Gasteiger partial charge in [-0.3, -0.25) is 4.68 Å². The van der Waals surface area contributed by atoms with Crippen molar-refractivity contribution in [2.75, 3.05) is 0 Å². The average Bonchev–Trinajstić information content (AvgIpc) is 2.77. The first-order chi connectivity index (χ1) is 7.16. The van der Waals surface area contributed by atoms with E-state index in [1.807, 2.05) is 12.3 Å². The third-order valence-corrected chi connectivity index (χ3v) is 2.95. The lowest BCUT2D eigenvalue weighted by Gasteiger charge is -2.06. The molecule has 5 nitrogen and oxygen atoms in total. The third kappa shape index (κ3) is 2.21. The predicted molar refractivity (Wildman–Crippen MR) is 56.5 cm³/mol. The Bertz CT molecular complexity index is 450. The molecule has 0 aliphatic carbocycles. The van der Waals surface area contributed by atoms with Crippen molar-refractivity contribution in [1.82, 2.24) is 19.7 Å². The van der Waals surface area contributed by atoms with Crippen LogP contribution in [-0.2, 0) is 13.5 Å².